The monoisotopic (exact) mass is 240 g/mol. The van der Waals surface area contributed by atoms with Gasteiger partial charge in [0.2, 0.25) is 0 Å². The highest BCUT2D eigenvalue weighted by Crippen LogP contribution is 2.13. The summed E-state index contributed by atoms with van der Waals surface area (Å²) in [5.74, 6) is 2.88. The Morgan fingerprint density at radius 1 is 1.56 bits per heavy atom. The van der Waals surface area contributed by atoms with Gasteiger partial charge in [0, 0.05) is 11.3 Å². The van der Waals surface area contributed by atoms with E-state index >= 15 is 0 Å². The fourth-order valence-corrected chi connectivity index (χ4v) is 1.66. The summed E-state index contributed by atoms with van der Waals surface area (Å²) in [5, 5.41) is 11.5. The van der Waals surface area contributed by atoms with Gasteiger partial charge in [-0.3, -0.25) is 0 Å². The van der Waals surface area contributed by atoms with Crippen LogP contribution in [0.5, 0.6) is 5.75 Å². The summed E-state index contributed by atoms with van der Waals surface area (Å²) in [6.07, 6.45) is 0. The number of rotatable bonds is 6. The van der Waals surface area contributed by atoms with Gasteiger partial charge in [0.25, 0.3) is 0 Å². The van der Waals surface area contributed by atoms with Crippen LogP contribution in [0.4, 0.5) is 0 Å². The van der Waals surface area contributed by atoms with Gasteiger partial charge >= 0.3 is 0 Å². The van der Waals surface area contributed by atoms with Gasteiger partial charge in [0.05, 0.1) is 6.61 Å². The minimum absolute atomic E-state index is 0.0911. The molecule has 0 saturated heterocycles. The highest BCUT2D eigenvalue weighted by molar-refractivity contribution is 7.99. The lowest BCUT2D eigenvalue weighted by Gasteiger charge is -2.06. The molecule has 88 valence electrons. The SMILES string of the molecule is CCSCCOc1cccc(/C(N)=N/O)c1. The van der Waals surface area contributed by atoms with E-state index < -0.39 is 0 Å². The van der Waals surface area contributed by atoms with Crippen LogP contribution in [0.25, 0.3) is 0 Å². The van der Waals surface area contributed by atoms with Crippen molar-refractivity contribution in [3.8, 4) is 5.75 Å². The Labute approximate surface area is 99.5 Å². The third-order valence-electron chi connectivity index (χ3n) is 1.94. The van der Waals surface area contributed by atoms with E-state index in [1.54, 1.807) is 12.1 Å². The van der Waals surface area contributed by atoms with E-state index in [2.05, 4.69) is 12.1 Å². The van der Waals surface area contributed by atoms with Crippen molar-refractivity contribution in [3.05, 3.63) is 29.8 Å². The lowest BCUT2D eigenvalue weighted by molar-refractivity contribution is 0.318. The molecule has 0 fully saturated rings. The molecule has 0 saturated carbocycles. The maximum absolute atomic E-state index is 8.54. The fourth-order valence-electron chi connectivity index (χ4n) is 1.17. The predicted molar refractivity (Wildman–Crippen MR) is 67.4 cm³/mol. The van der Waals surface area contributed by atoms with Crippen LogP contribution in [0.15, 0.2) is 29.4 Å². The van der Waals surface area contributed by atoms with E-state index in [9.17, 15) is 0 Å². The number of benzene rings is 1. The molecule has 1 aromatic carbocycles. The van der Waals surface area contributed by atoms with Gasteiger partial charge in [0.15, 0.2) is 5.84 Å². The summed E-state index contributed by atoms with van der Waals surface area (Å²) in [7, 11) is 0. The summed E-state index contributed by atoms with van der Waals surface area (Å²) >= 11 is 1.83. The Morgan fingerprint density at radius 3 is 3.06 bits per heavy atom. The standard InChI is InChI=1S/C11H16N2O2S/c1-2-16-7-6-15-10-5-3-4-9(8-10)11(12)13-14/h3-5,8,14H,2,6-7H2,1H3,(H2,12,13). The average molecular weight is 240 g/mol. The van der Waals surface area contributed by atoms with Crippen molar-refractivity contribution in [2.45, 2.75) is 6.92 Å². The van der Waals surface area contributed by atoms with E-state index in [4.69, 9.17) is 15.7 Å². The summed E-state index contributed by atoms with van der Waals surface area (Å²) in [4.78, 5) is 0. The molecular formula is C11H16N2O2S. The van der Waals surface area contributed by atoms with Gasteiger partial charge in [0.1, 0.15) is 5.75 Å². The van der Waals surface area contributed by atoms with Crippen LogP contribution in [-0.2, 0) is 0 Å². The van der Waals surface area contributed by atoms with E-state index in [1.807, 2.05) is 23.9 Å². The molecule has 1 aromatic rings. The Kier molecular flexibility index (Phi) is 5.56. The third kappa shape index (κ3) is 4.02. The van der Waals surface area contributed by atoms with E-state index in [1.165, 1.54) is 0 Å². The molecule has 1 rings (SSSR count). The van der Waals surface area contributed by atoms with Crippen LogP contribution in [0.3, 0.4) is 0 Å². The number of nitrogens with two attached hydrogens (primary N) is 1. The first-order chi connectivity index (χ1) is 7.77. The zero-order chi connectivity index (χ0) is 11.8. The van der Waals surface area contributed by atoms with Gasteiger partial charge in [-0.25, -0.2) is 0 Å². The molecule has 0 aromatic heterocycles. The number of amidine groups is 1. The van der Waals surface area contributed by atoms with Crippen molar-refractivity contribution >= 4 is 17.6 Å². The highest BCUT2D eigenvalue weighted by Gasteiger charge is 2.00. The number of hydrogen-bond acceptors (Lipinski definition) is 4. The second-order valence-electron chi connectivity index (χ2n) is 3.06. The number of oxime groups is 1. The molecule has 3 N–H and O–H groups in total. The lowest BCUT2D eigenvalue weighted by Crippen LogP contribution is -2.13. The van der Waals surface area contributed by atoms with Crippen LogP contribution < -0.4 is 10.5 Å². The first-order valence-electron chi connectivity index (χ1n) is 5.06. The number of hydrogen-bond donors (Lipinski definition) is 2. The second-order valence-corrected chi connectivity index (χ2v) is 4.45. The third-order valence-corrected chi connectivity index (χ3v) is 2.80. The van der Waals surface area contributed by atoms with E-state index in [0.717, 1.165) is 17.3 Å². The van der Waals surface area contributed by atoms with Gasteiger partial charge in [-0.2, -0.15) is 11.8 Å². The fraction of sp³-hybridized carbons (Fsp3) is 0.364. The normalized spacial score (nSPS) is 11.4. The van der Waals surface area contributed by atoms with Crippen molar-refractivity contribution < 1.29 is 9.94 Å². The Morgan fingerprint density at radius 2 is 2.38 bits per heavy atom. The zero-order valence-electron chi connectivity index (χ0n) is 9.22. The molecular weight excluding hydrogens is 224 g/mol. The van der Waals surface area contributed by atoms with Gasteiger partial charge < -0.3 is 15.7 Å². The molecule has 0 spiro atoms. The van der Waals surface area contributed by atoms with Crippen LogP contribution in [0, 0.1) is 0 Å². The first kappa shape index (κ1) is 12.7. The zero-order valence-corrected chi connectivity index (χ0v) is 10.0. The first-order valence-corrected chi connectivity index (χ1v) is 6.22. The van der Waals surface area contributed by atoms with Crippen molar-refractivity contribution in [1.82, 2.24) is 0 Å². The molecule has 0 radical (unpaired) electrons. The topological polar surface area (TPSA) is 67.8 Å². The van der Waals surface area contributed by atoms with Gasteiger partial charge in [-0.15, -0.1) is 0 Å². The summed E-state index contributed by atoms with van der Waals surface area (Å²) < 4.78 is 5.53. The predicted octanol–water partition coefficient (Wildman–Crippen LogP) is 1.91. The smallest absolute Gasteiger partial charge is 0.170 e. The van der Waals surface area contributed by atoms with Crippen molar-refractivity contribution in [2.75, 3.05) is 18.1 Å². The van der Waals surface area contributed by atoms with E-state index in [-0.39, 0.29) is 5.84 Å². The maximum Gasteiger partial charge on any atom is 0.170 e. The van der Waals surface area contributed by atoms with Crippen LogP contribution in [0.2, 0.25) is 0 Å². The number of thioether (sulfide) groups is 1. The molecule has 0 aliphatic rings. The van der Waals surface area contributed by atoms with Crippen LogP contribution >= 0.6 is 11.8 Å². The molecule has 5 heteroatoms. The summed E-state index contributed by atoms with van der Waals surface area (Å²) in [5.41, 5.74) is 6.14. The average Bonchev–Trinajstić information content (AvgIpc) is 2.34. The highest BCUT2D eigenvalue weighted by atomic mass is 32.2. The molecule has 16 heavy (non-hydrogen) atoms. The minimum atomic E-state index is 0.0911. The summed E-state index contributed by atoms with van der Waals surface area (Å²) in [6.45, 7) is 2.78. The maximum atomic E-state index is 8.54. The molecule has 0 bridgehead atoms. The van der Waals surface area contributed by atoms with Crippen LogP contribution in [0.1, 0.15) is 12.5 Å². The molecule has 4 nitrogen and oxygen atoms in total. The second kappa shape index (κ2) is 7.00. The summed E-state index contributed by atoms with van der Waals surface area (Å²) in [6, 6.07) is 7.19. The lowest BCUT2D eigenvalue weighted by atomic mass is 10.2. The number of nitrogens with zero attached hydrogens (tertiary/aromatic N) is 1. The van der Waals surface area contributed by atoms with Gasteiger partial charge in [-0.1, -0.05) is 24.2 Å². The Balaban J connectivity index is 2.54. The van der Waals surface area contributed by atoms with Crippen molar-refractivity contribution in [2.24, 2.45) is 10.9 Å². The minimum Gasteiger partial charge on any atom is -0.493 e. The molecule has 0 aliphatic heterocycles. The molecule has 0 aliphatic carbocycles. The largest absolute Gasteiger partial charge is 0.493 e. The van der Waals surface area contributed by atoms with E-state index in [0.29, 0.717) is 12.2 Å². The van der Waals surface area contributed by atoms with Crippen molar-refractivity contribution in [3.63, 3.8) is 0 Å². The van der Waals surface area contributed by atoms with Crippen molar-refractivity contribution in [1.29, 1.82) is 0 Å². The van der Waals surface area contributed by atoms with Crippen LogP contribution in [-0.4, -0.2) is 29.2 Å². The molecule has 0 unspecified atom stereocenters. The van der Waals surface area contributed by atoms with Gasteiger partial charge in [-0.05, 0) is 17.9 Å². The Hall–Kier alpha value is -1.36. The molecule has 0 heterocycles. The molecule has 0 amide bonds. The molecule has 0 atom stereocenters. The number of ether oxygens (including phenoxy) is 1. The Bertz CT molecular complexity index is 356. The quantitative estimate of drug-likeness (QED) is 0.262.